The van der Waals surface area contributed by atoms with Crippen molar-refractivity contribution in [2.45, 2.75) is 271 Å². The van der Waals surface area contributed by atoms with Crippen LogP contribution in [0.15, 0.2) is 122 Å². The standard InChI is InChI=1S/C67H112O5/c1-4-7-10-13-16-19-22-25-28-31-33-35-38-41-44-47-50-53-56-59-62-70-63-65(72-67(69)61-58-55-52-49-46-43-40-36-30-27-24-21-18-15-12-9-6-3)64-71-66(68)60-57-54-51-48-45-42-39-37-34-32-29-26-23-20-17-14-11-8-5-2/h9,12,16-21,25-30,34,37,40,43,49,52,65H,4-8,10-11,13-15,22-24,31-33,35-36,38-39,41-42,44-48,50-51,53-64H2,1-3H3/b12-9-,19-16-,20-17-,21-18-,28-25-,29-26-,30-27-,37-34-,43-40-,52-49-. The maximum absolute atomic E-state index is 12.9. The molecule has 0 bridgehead atoms. The number of hydrogen-bond donors (Lipinski definition) is 0. The first kappa shape index (κ1) is 68.3. The Bertz CT molecular complexity index is 1450. The van der Waals surface area contributed by atoms with Crippen molar-refractivity contribution >= 4 is 11.9 Å². The Hall–Kier alpha value is -3.70. The van der Waals surface area contributed by atoms with Gasteiger partial charge in [0.1, 0.15) is 6.61 Å². The third-order valence-electron chi connectivity index (χ3n) is 12.5. The monoisotopic (exact) mass is 997 g/mol. The number of carbonyl (C=O) groups excluding carboxylic acids is 2. The highest BCUT2D eigenvalue weighted by molar-refractivity contribution is 5.70. The van der Waals surface area contributed by atoms with Gasteiger partial charge in [-0.05, 0) is 128 Å². The molecule has 0 aliphatic heterocycles. The minimum atomic E-state index is -0.583. The van der Waals surface area contributed by atoms with Gasteiger partial charge in [-0.1, -0.05) is 245 Å². The number of ether oxygens (including phenoxy) is 3. The molecule has 0 aromatic heterocycles. The van der Waals surface area contributed by atoms with Crippen LogP contribution in [-0.4, -0.2) is 37.9 Å². The second-order valence-electron chi connectivity index (χ2n) is 19.5. The summed E-state index contributed by atoms with van der Waals surface area (Å²) >= 11 is 0. The number of hydrogen-bond acceptors (Lipinski definition) is 5. The fourth-order valence-electron chi connectivity index (χ4n) is 7.99. The molecular formula is C67H112O5. The number of unbranched alkanes of at least 4 members (excludes halogenated alkanes) is 23. The van der Waals surface area contributed by atoms with E-state index >= 15 is 0 Å². The van der Waals surface area contributed by atoms with Crippen LogP contribution in [0.3, 0.4) is 0 Å². The average molecular weight is 998 g/mol. The molecule has 0 rings (SSSR count). The molecule has 1 atom stereocenters. The molecule has 5 heteroatoms. The minimum absolute atomic E-state index is 0.0480. The van der Waals surface area contributed by atoms with Crippen LogP contribution >= 0.6 is 0 Å². The van der Waals surface area contributed by atoms with Gasteiger partial charge in [-0.15, -0.1) is 0 Å². The van der Waals surface area contributed by atoms with E-state index in [1.807, 2.05) is 0 Å². The summed E-state index contributed by atoms with van der Waals surface area (Å²) < 4.78 is 17.4. The smallest absolute Gasteiger partial charge is 0.306 e. The van der Waals surface area contributed by atoms with E-state index in [2.05, 4.69) is 142 Å². The van der Waals surface area contributed by atoms with Crippen molar-refractivity contribution < 1.29 is 23.8 Å². The van der Waals surface area contributed by atoms with E-state index < -0.39 is 6.10 Å². The van der Waals surface area contributed by atoms with E-state index in [9.17, 15) is 9.59 Å². The molecule has 0 spiro atoms. The summed E-state index contributed by atoms with van der Waals surface area (Å²) in [5.41, 5.74) is 0. The Morgan fingerprint density at radius 2 is 0.639 bits per heavy atom. The zero-order valence-corrected chi connectivity index (χ0v) is 47.2. The first-order valence-electron chi connectivity index (χ1n) is 30.1. The van der Waals surface area contributed by atoms with E-state index in [1.54, 1.807) is 0 Å². The highest BCUT2D eigenvalue weighted by Gasteiger charge is 2.17. The van der Waals surface area contributed by atoms with Gasteiger partial charge in [0.05, 0.1) is 6.61 Å². The predicted molar refractivity (Wildman–Crippen MR) is 316 cm³/mol. The highest BCUT2D eigenvalue weighted by Crippen LogP contribution is 2.14. The van der Waals surface area contributed by atoms with Crippen LogP contribution in [0, 0.1) is 0 Å². The third kappa shape index (κ3) is 58.9. The molecule has 0 aliphatic rings. The minimum Gasteiger partial charge on any atom is -0.462 e. The fourth-order valence-corrected chi connectivity index (χ4v) is 7.99. The van der Waals surface area contributed by atoms with Crippen molar-refractivity contribution in [1.29, 1.82) is 0 Å². The second kappa shape index (κ2) is 61.6. The molecule has 0 aliphatic carbocycles. The van der Waals surface area contributed by atoms with Gasteiger partial charge < -0.3 is 14.2 Å². The number of esters is 2. The lowest BCUT2D eigenvalue weighted by Crippen LogP contribution is -2.30. The number of rotatable bonds is 54. The SMILES string of the molecule is CC/C=C\C/C=C\C/C=C\C/C=C\C/C=C\CCCC(=O)OC(COCCCCCCCCCCCC/C=C\C/C=C\CCCCC)COC(=O)CCCCCCCC/C=C\C/C=C\C/C=C\CCCCC. The van der Waals surface area contributed by atoms with Gasteiger partial charge in [-0.2, -0.15) is 0 Å². The van der Waals surface area contributed by atoms with Crippen LogP contribution in [0.2, 0.25) is 0 Å². The zero-order chi connectivity index (χ0) is 52.0. The van der Waals surface area contributed by atoms with Gasteiger partial charge in [-0.3, -0.25) is 9.59 Å². The van der Waals surface area contributed by atoms with Gasteiger partial charge in [0.15, 0.2) is 6.10 Å². The zero-order valence-electron chi connectivity index (χ0n) is 47.2. The third-order valence-corrected chi connectivity index (χ3v) is 12.5. The van der Waals surface area contributed by atoms with Crippen LogP contribution in [0.25, 0.3) is 0 Å². The van der Waals surface area contributed by atoms with Crippen LogP contribution in [-0.2, 0) is 23.8 Å². The molecular weight excluding hydrogens is 885 g/mol. The Balaban J connectivity index is 4.40. The van der Waals surface area contributed by atoms with Gasteiger partial charge >= 0.3 is 11.9 Å². The largest absolute Gasteiger partial charge is 0.462 e. The van der Waals surface area contributed by atoms with Crippen molar-refractivity contribution in [3.05, 3.63) is 122 Å². The maximum Gasteiger partial charge on any atom is 0.306 e. The molecule has 72 heavy (non-hydrogen) atoms. The number of carbonyl (C=O) groups is 2. The summed E-state index contributed by atoms with van der Waals surface area (Å²) in [6.45, 7) is 7.59. The lowest BCUT2D eigenvalue weighted by Gasteiger charge is -2.18. The van der Waals surface area contributed by atoms with Crippen molar-refractivity contribution in [3.8, 4) is 0 Å². The molecule has 0 heterocycles. The topological polar surface area (TPSA) is 61.8 Å². The van der Waals surface area contributed by atoms with E-state index in [0.29, 0.717) is 19.4 Å². The molecule has 0 aromatic carbocycles. The Kier molecular flexibility index (Phi) is 58.4. The van der Waals surface area contributed by atoms with Crippen LogP contribution in [0.4, 0.5) is 0 Å². The lowest BCUT2D eigenvalue weighted by molar-refractivity contribution is -0.162. The maximum atomic E-state index is 12.9. The first-order chi connectivity index (χ1) is 35.6. The molecule has 1 unspecified atom stereocenters. The van der Waals surface area contributed by atoms with Crippen LogP contribution in [0.5, 0.6) is 0 Å². The predicted octanol–water partition coefficient (Wildman–Crippen LogP) is 20.9. The van der Waals surface area contributed by atoms with Crippen molar-refractivity contribution in [2.24, 2.45) is 0 Å². The Morgan fingerprint density at radius 3 is 1.04 bits per heavy atom. The Morgan fingerprint density at radius 1 is 0.319 bits per heavy atom. The van der Waals surface area contributed by atoms with E-state index in [-0.39, 0.29) is 25.2 Å². The molecule has 410 valence electrons. The molecule has 0 radical (unpaired) electrons. The molecule has 0 saturated carbocycles. The quantitative estimate of drug-likeness (QED) is 0.0345. The molecule has 0 aromatic rings. The van der Waals surface area contributed by atoms with Gasteiger partial charge in [-0.25, -0.2) is 0 Å². The second-order valence-corrected chi connectivity index (χ2v) is 19.5. The van der Waals surface area contributed by atoms with Gasteiger partial charge in [0, 0.05) is 19.4 Å². The normalized spacial score (nSPS) is 13.1. The molecule has 5 nitrogen and oxygen atoms in total. The van der Waals surface area contributed by atoms with Crippen LogP contribution < -0.4 is 0 Å². The van der Waals surface area contributed by atoms with Gasteiger partial charge in [0.2, 0.25) is 0 Å². The summed E-state index contributed by atoms with van der Waals surface area (Å²) in [7, 11) is 0. The molecule has 0 fully saturated rings. The van der Waals surface area contributed by atoms with Crippen LogP contribution in [0.1, 0.15) is 265 Å². The summed E-state index contributed by atoms with van der Waals surface area (Å²) in [5.74, 6) is -0.482. The van der Waals surface area contributed by atoms with E-state index in [1.165, 1.54) is 128 Å². The van der Waals surface area contributed by atoms with Crippen molar-refractivity contribution in [3.63, 3.8) is 0 Å². The first-order valence-corrected chi connectivity index (χ1v) is 30.1. The summed E-state index contributed by atoms with van der Waals surface area (Å²) in [4.78, 5) is 25.6. The fraction of sp³-hybridized carbons (Fsp3) is 0.672. The Labute approximate surface area is 446 Å². The number of allylic oxidation sites excluding steroid dienone is 20. The molecule has 0 amide bonds. The summed E-state index contributed by atoms with van der Waals surface area (Å²) in [6.07, 6.45) is 86.6. The van der Waals surface area contributed by atoms with E-state index in [4.69, 9.17) is 14.2 Å². The molecule has 0 saturated heterocycles. The average Bonchev–Trinajstić information content (AvgIpc) is 3.38. The highest BCUT2D eigenvalue weighted by atomic mass is 16.6. The lowest BCUT2D eigenvalue weighted by atomic mass is 10.1. The van der Waals surface area contributed by atoms with E-state index in [0.717, 1.165) is 103 Å². The summed E-state index contributed by atoms with van der Waals surface area (Å²) in [6, 6.07) is 0. The molecule has 0 N–H and O–H groups in total. The summed E-state index contributed by atoms with van der Waals surface area (Å²) in [5, 5.41) is 0. The van der Waals surface area contributed by atoms with Gasteiger partial charge in [0.25, 0.3) is 0 Å². The van der Waals surface area contributed by atoms with Crippen molar-refractivity contribution in [2.75, 3.05) is 19.8 Å². The van der Waals surface area contributed by atoms with Crippen molar-refractivity contribution in [1.82, 2.24) is 0 Å².